The normalized spacial score (nSPS) is 11.9. The van der Waals surface area contributed by atoms with Crippen LogP contribution in [0.4, 0.5) is 0 Å². The molecule has 0 spiro atoms. The number of aliphatic carboxylic acids is 3. The van der Waals surface area contributed by atoms with E-state index in [1.807, 2.05) is 0 Å². The van der Waals surface area contributed by atoms with E-state index in [9.17, 15) is 19.5 Å². The van der Waals surface area contributed by atoms with Gasteiger partial charge < -0.3 is 30.3 Å². The second kappa shape index (κ2) is 29.0. The molecule has 0 aliphatic carbocycles. The highest BCUT2D eigenvalue weighted by atomic mass is 16.4. The summed E-state index contributed by atoms with van der Waals surface area (Å²) in [5, 5.41) is 27.1. The van der Waals surface area contributed by atoms with Gasteiger partial charge in [-0.25, -0.2) is 0 Å². The lowest BCUT2D eigenvalue weighted by molar-refractivity contribution is -0.864. The molecule has 1 unspecified atom stereocenters. The summed E-state index contributed by atoms with van der Waals surface area (Å²) in [5.41, 5.74) is 5.27. The van der Waals surface area contributed by atoms with Crippen molar-refractivity contribution in [1.29, 1.82) is 0 Å². The zero-order valence-corrected chi connectivity index (χ0v) is 26.0. The van der Waals surface area contributed by atoms with Crippen molar-refractivity contribution in [3.05, 3.63) is 12.2 Å². The number of unbranched alkanes of at least 4 members (excludes halogenated alkanes) is 11. The maximum atomic E-state index is 10.6. The lowest BCUT2D eigenvalue weighted by Crippen LogP contribution is -2.45. The zero-order valence-electron chi connectivity index (χ0n) is 26.0. The summed E-state index contributed by atoms with van der Waals surface area (Å²) >= 11 is 0. The van der Waals surface area contributed by atoms with Crippen LogP contribution in [0.25, 0.3) is 0 Å². The molecule has 0 saturated heterocycles. The lowest BCUT2D eigenvalue weighted by atomic mass is 10.1. The second-order valence-electron chi connectivity index (χ2n) is 11.3. The van der Waals surface area contributed by atoms with Crippen molar-refractivity contribution in [2.45, 2.75) is 116 Å². The van der Waals surface area contributed by atoms with E-state index in [1.54, 1.807) is 40.1 Å². The first-order valence-corrected chi connectivity index (χ1v) is 14.7. The van der Waals surface area contributed by atoms with Crippen LogP contribution in [0.1, 0.15) is 110 Å². The Kier molecular flexibility index (Phi) is 30.9. The zero-order chi connectivity index (χ0) is 30.5. The topological polar surface area (TPSA) is 144 Å². The number of nitrogens with two attached hydrogens (primary N) is 1. The number of allylic oxidation sites excluding steroid dienone is 2. The number of quaternary nitrogens is 1. The third kappa shape index (κ3) is 40.7. The molecule has 1 atom stereocenters. The Morgan fingerprint density at radius 2 is 1.28 bits per heavy atom. The molecule has 0 aliphatic heterocycles. The molecule has 0 aromatic rings. The van der Waals surface area contributed by atoms with Crippen molar-refractivity contribution in [3.8, 4) is 0 Å². The summed E-state index contributed by atoms with van der Waals surface area (Å²) in [6.45, 7) is 2.88. The fraction of sp³-hybridized carbons (Fsp3) is 0.833. The van der Waals surface area contributed by atoms with Crippen LogP contribution in [0.3, 0.4) is 0 Å². The van der Waals surface area contributed by atoms with Gasteiger partial charge in [0.1, 0.15) is 12.6 Å². The minimum atomic E-state index is -1.00. The van der Waals surface area contributed by atoms with Gasteiger partial charge in [0.15, 0.2) is 0 Å². The number of nitrogens with zero attached hydrogens (tertiary/aromatic N) is 2. The molecule has 0 rings (SSSR count). The molecule has 0 aliphatic rings. The average molecular weight is 560 g/mol. The van der Waals surface area contributed by atoms with Crippen LogP contribution < -0.4 is 10.8 Å². The van der Waals surface area contributed by atoms with Gasteiger partial charge in [0.25, 0.3) is 0 Å². The van der Waals surface area contributed by atoms with Gasteiger partial charge >= 0.3 is 11.9 Å². The van der Waals surface area contributed by atoms with E-state index in [1.165, 1.54) is 70.6 Å². The van der Waals surface area contributed by atoms with E-state index >= 15 is 0 Å². The van der Waals surface area contributed by atoms with E-state index in [0.29, 0.717) is 23.9 Å². The number of carbonyl (C=O) groups excluding carboxylic acids is 1. The van der Waals surface area contributed by atoms with E-state index in [0.717, 1.165) is 19.3 Å². The number of hydrogen-bond acceptors (Lipinski definition) is 6. The van der Waals surface area contributed by atoms with Crippen molar-refractivity contribution in [1.82, 2.24) is 4.90 Å². The number of rotatable bonds is 22. The first kappa shape index (κ1) is 41.5. The van der Waals surface area contributed by atoms with Gasteiger partial charge in [0.2, 0.25) is 0 Å². The van der Waals surface area contributed by atoms with Crippen LogP contribution in [0.15, 0.2) is 12.2 Å². The molecule has 9 nitrogen and oxygen atoms in total. The molecule has 4 N–H and O–H groups in total. The Labute approximate surface area is 239 Å². The fourth-order valence-corrected chi connectivity index (χ4v) is 3.65. The number of likely N-dealkylation sites (N-methyl/N-ethyl adjacent to an activating group) is 2. The van der Waals surface area contributed by atoms with Gasteiger partial charge in [-0.15, -0.1) is 0 Å². The Morgan fingerprint density at radius 1 is 0.821 bits per heavy atom. The monoisotopic (exact) mass is 559 g/mol. The van der Waals surface area contributed by atoms with Gasteiger partial charge in [-0.2, -0.15) is 0 Å². The molecular formula is C30H61N3O6. The van der Waals surface area contributed by atoms with Gasteiger partial charge in [-0.3, -0.25) is 14.5 Å². The van der Waals surface area contributed by atoms with Crippen LogP contribution in [0.2, 0.25) is 0 Å². The Morgan fingerprint density at radius 3 is 1.62 bits per heavy atom. The minimum Gasteiger partial charge on any atom is -0.544 e. The highest BCUT2D eigenvalue weighted by molar-refractivity contribution is 5.73. The maximum Gasteiger partial charge on any atom is 0.320 e. The Bertz CT molecular complexity index is 618. The standard InChI is InChI=1S/C18H34O2.C7H16N2O2.C5H11NO2/c1-2-3-4-5-6-7-8-9-10-11-12-13-14-15-16-17-18(19)20;1-9(2)6(7(10)11)4-3-5-8;1-6(2,3)4-5(7)8/h9-10H,2-8,11-17H2,1H3,(H,19,20);6H,3-5,8H2,1-2H3,(H,10,11);4H2,1-3H3/b10-9-;;. The average Bonchev–Trinajstić information content (AvgIpc) is 2.80. The van der Waals surface area contributed by atoms with Crippen LogP contribution in [-0.4, -0.2) is 91.9 Å². The van der Waals surface area contributed by atoms with E-state index in [2.05, 4.69) is 19.1 Å². The number of hydrogen-bond donors (Lipinski definition) is 3. The molecule has 0 saturated carbocycles. The molecule has 0 fully saturated rings. The molecule has 0 radical (unpaired) electrons. The number of carboxylic acid groups (broad SMARTS) is 3. The molecule has 0 aromatic heterocycles. The molecule has 0 heterocycles. The SMILES string of the molecule is CCCCCCCC/C=C\CCCCCCCC(=O)O.CN(C)C(CCCN)C(=O)O.C[N+](C)(C)CC(=O)[O-]. The summed E-state index contributed by atoms with van der Waals surface area (Å²) in [4.78, 5) is 32.5. The van der Waals surface area contributed by atoms with E-state index in [4.69, 9.17) is 15.9 Å². The second-order valence-corrected chi connectivity index (χ2v) is 11.3. The Hall–Kier alpha value is -1.97. The molecule has 39 heavy (non-hydrogen) atoms. The van der Waals surface area contributed by atoms with Crippen molar-refractivity contribution in [2.75, 3.05) is 48.3 Å². The van der Waals surface area contributed by atoms with Crippen molar-refractivity contribution >= 4 is 17.9 Å². The molecule has 0 bridgehead atoms. The Balaban J connectivity index is -0.000000570. The van der Waals surface area contributed by atoms with Crippen LogP contribution in [-0.2, 0) is 14.4 Å². The minimum absolute atomic E-state index is 0.0694. The summed E-state index contributed by atoms with van der Waals surface area (Å²) < 4.78 is 0.419. The van der Waals surface area contributed by atoms with Crippen LogP contribution in [0.5, 0.6) is 0 Å². The lowest BCUT2D eigenvalue weighted by Gasteiger charge is -2.23. The van der Waals surface area contributed by atoms with E-state index in [-0.39, 0.29) is 6.54 Å². The summed E-state index contributed by atoms with van der Waals surface area (Å²) in [5.74, 6) is -2.44. The van der Waals surface area contributed by atoms with E-state index < -0.39 is 23.9 Å². The third-order valence-electron chi connectivity index (χ3n) is 5.85. The third-order valence-corrected chi connectivity index (χ3v) is 5.85. The number of carbonyl (C=O) groups is 3. The van der Waals surface area contributed by atoms with Crippen molar-refractivity contribution < 1.29 is 34.2 Å². The summed E-state index contributed by atoms with van der Waals surface area (Å²) in [6, 6.07) is -0.390. The first-order valence-electron chi connectivity index (χ1n) is 14.7. The van der Waals surface area contributed by atoms with Gasteiger partial charge in [0.05, 0.1) is 27.1 Å². The first-order chi connectivity index (χ1) is 18.3. The number of carboxylic acids is 3. The van der Waals surface area contributed by atoms with Crippen molar-refractivity contribution in [2.24, 2.45) is 5.73 Å². The molecule has 0 amide bonds. The predicted molar refractivity (Wildman–Crippen MR) is 158 cm³/mol. The van der Waals surface area contributed by atoms with Crippen LogP contribution in [0, 0.1) is 0 Å². The largest absolute Gasteiger partial charge is 0.544 e. The molecule has 0 aromatic carbocycles. The fourth-order valence-electron chi connectivity index (χ4n) is 3.65. The highest BCUT2D eigenvalue weighted by Crippen LogP contribution is 2.10. The maximum absolute atomic E-state index is 10.6. The van der Waals surface area contributed by atoms with Gasteiger partial charge in [0, 0.05) is 6.42 Å². The predicted octanol–water partition coefficient (Wildman–Crippen LogP) is 4.29. The van der Waals surface area contributed by atoms with Crippen molar-refractivity contribution in [3.63, 3.8) is 0 Å². The van der Waals surface area contributed by atoms with Crippen LogP contribution >= 0.6 is 0 Å². The molecular weight excluding hydrogens is 498 g/mol. The van der Waals surface area contributed by atoms with Gasteiger partial charge in [-0.05, 0) is 65.6 Å². The smallest absolute Gasteiger partial charge is 0.320 e. The molecule has 232 valence electrons. The van der Waals surface area contributed by atoms with Gasteiger partial charge in [-0.1, -0.05) is 70.4 Å². The summed E-state index contributed by atoms with van der Waals surface area (Å²) in [6.07, 6.45) is 22.6. The summed E-state index contributed by atoms with van der Waals surface area (Å²) in [7, 11) is 8.92. The quantitative estimate of drug-likeness (QED) is 0.101. The highest BCUT2D eigenvalue weighted by Gasteiger charge is 2.18. The molecule has 9 heteroatoms.